The highest BCUT2D eigenvalue weighted by molar-refractivity contribution is 7.91. The average molecular weight is 291 g/mol. The van der Waals surface area contributed by atoms with Gasteiger partial charge in [0, 0.05) is 13.1 Å². The number of rotatable bonds is 4. The average Bonchev–Trinajstić information content (AvgIpc) is 2.74. The Kier molecular flexibility index (Phi) is 4.15. The molecule has 0 saturated carbocycles. The van der Waals surface area contributed by atoms with Crippen molar-refractivity contribution < 1.29 is 8.42 Å². The Balaban J connectivity index is 1.93. The molecule has 1 aliphatic rings. The standard InChI is InChI=1S/C9H17N5O2S2/c1-14-4-2-3-7(6-14)5-11-18(15,16)9-13-12-8(10)17-9/h7,11H,2-6H2,1H3,(H2,10,12). The van der Waals surface area contributed by atoms with E-state index < -0.39 is 10.0 Å². The first kappa shape index (κ1) is 13.7. The highest BCUT2D eigenvalue weighted by atomic mass is 32.2. The lowest BCUT2D eigenvalue weighted by molar-refractivity contribution is 0.211. The van der Waals surface area contributed by atoms with Gasteiger partial charge in [0.15, 0.2) is 0 Å². The number of nitrogen functional groups attached to an aromatic ring is 1. The highest BCUT2D eigenvalue weighted by Crippen LogP contribution is 2.18. The molecule has 1 unspecified atom stereocenters. The second-order valence-corrected chi connectivity index (χ2v) is 7.48. The van der Waals surface area contributed by atoms with Gasteiger partial charge in [-0.3, -0.25) is 0 Å². The first-order valence-electron chi connectivity index (χ1n) is 5.74. The van der Waals surface area contributed by atoms with Gasteiger partial charge in [-0.15, -0.1) is 10.2 Å². The quantitative estimate of drug-likeness (QED) is 0.792. The second kappa shape index (κ2) is 5.47. The van der Waals surface area contributed by atoms with E-state index in [2.05, 4.69) is 19.8 Å². The fourth-order valence-electron chi connectivity index (χ4n) is 2.06. The third kappa shape index (κ3) is 3.37. The van der Waals surface area contributed by atoms with Crippen LogP contribution in [0.2, 0.25) is 0 Å². The molecular formula is C9H17N5O2S2. The number of aromatic nitrogens is 2. The van der Waals surface area contributed by atoms with Crippen molar-refractivity contribution >= 4 is 26.5 Å². The van der Waals surface area contributed by atoms with Crippen LogP contribution >= 0.6 is 11.3 Å². The normalized spacial score (nSPS) is 22.2. The smallest absolute Gasteiger partial charge is 0.269 e. The molecule has 1 atom stereocenters. The third-order valence-corrected chi connectivity index (χ3v) is 5.48. The zero-order chi connectivity index (χ0) is 13.2. The lowest BCUT2D eigenvalue weighted by atomic mass is 9.99. The maximum atomic E-state index is 11.9. The minimum atomic E-state index is -3.56. The van der Waals surface area contributed by atoms with Crippen molar-refractivity contribution in [1.29, 1.82) is 0 Å². The van der Waals surface area contributed by atoms with E-state index in [1.807, 2.05) is 7.05 Å². The van der Waals surface area contributed by atoms with Crippen molar-refractivity contribution in [2.45, 2.75) is 17.2 Å². The van der Waals surface area contributed by atoms with E-state index in [4.69, 9.17) is 5.73 Å². The molecule has 18 heavy (non-hydrogen) atoms. The van der Waals surface area contributed by atoms with Crippen LogP contribution < -0.4 is 10.5 Å². The SMILES string of the molecule is CN1CCCC(CNS(=O)(=O)c2nnc(N)s2)C1. The van der Waals surface area contributed by atoms with Gasteiger partial charge in [0.1, 0.15) is 0 Å². The van der Waals surface area contributed by atoms with Gasteiger partial charge in [0.05, 0.1) is 0 Å². The molecule has 1 aromatic heterocycles. The molecule has 9 heteroatoms. The van der Waals surface area contributed by atoms with Crippen molar-refractivity contribution in [3.8, 4) is 0 Å². The fourth-order valence-corrected chi connectivity index (χ4v) is 4.00. The van der Waals surface area contributed by atoms with E-state index in [-0.39, 0.29) is 9.47 Å². The summed E-state index contributed by atoms with van der Waals surface area (Å²) in [6, 6.07) is 0. The van der Waals surface area contributed by atoms with E-state index in [0.29, 0.717) is 12.5 Å². The van der Waals surface area contributed by atoms with Gasteiger partial charge >= 0.3 is 0 Å². The maximum Gasteiger partial charge on any atom is 0.269 e. The van der Waals surface area contributed by atoms with Crippen LogP contribution in [0.4, 0.5) is 5.13 Å². The molecule has 0 radical (unpaired) electrons. The minimum absolute atomic E-state index is 0.0656. The summed E-state index contributed by atoms with van der Waals surface area (Å²) in [4.78, 5) is 2.21. The van der Waals surface area contributed by atoms with E-state index in [9.17, 15) is 8.42 Å². The van der Waals surface area contributed by atoms with Gasteiger partial charge in [-0.05, 0) is 32.4 Å². The van der Waals surface area contributed by atoms with Crippen molar-refractivity contribution in [2.24, 2.45) is 5.92 Å². The van der Waals surface area contributed by atoms with Crippen LogP contribution in [-0.4, -0.2) is 50.2 Å². The zero-order valence-corrected chi connectivity index (χ0v) is 11.8. The van der Waals surface area contributed by atoms with E-state index >= 15 is 0 Å². The molecule has 3 N–H and O–H groups in total. The van der Waals surface area contributed by atoms with Gasteiger partial charge in [-0.25, -0.2) is 13.1 Å². The fraction of sp³-hybridized carbons (Fsp3) is 0.778. The number of likely N-dealkylation sites (tertiary alicyclic amines) is 1. The molecule has 0 aliphatic carbocycles. The molecule has 102 valence electrons. The molecule has 0 bridgehead atoms. The molecule has 2 rings (SSSR count). The van der Waals surface area contributed by atoms with Gasteiger partial charge in [0.2, 0.25) is 9.47 Å². The summed E-state index contributed by atoms with van der Waals surface area (Å²) in [5, 5.41) is 7.22. The topological polar surface area (TPSA) is 101 Å². The predicted molar refractivity (Wildman–Crippen MR) is 69.7 cm³/mol. The molecule has 1 fully saturated rings. The predicted octanol–water partition coefficient (Wildman–Crippen LogP) is -0.260. The van der Waals surface area contributed by atoms with Crippen molar-refractivity contribution in [3.63, 3.8) is 0 Å². The van der Waals surface area contributed by atoms with E-state index in [1.165, 1.54) is 0 Å². The Morgan fingerprint density at radius 3 is 2.94 bits per heavy atom. The Bertz CT molecular complexity index is 501. The zero-order valence-electron chi connectivity index (χ0n) is 10.2. The lowest BCUT2D eigenvalue weighted by Crippen LogP contribution is -2.39. The first-order chi connectivity index (χ1) is 8.47. The molecule has 1 saturated heterocycles. The van der Waals surface area contributed by atoms with Gasteiger partial charge in [-0.2, -0.15) is 0 Å². The van der Waals surface area contributed by atoms with Crippen LogP contribution in [-0.2, 0) is 10.0 Å². The summed E-state index contributed by atoms with van der Waals surface area (Å²) in [5.41, 5.74) is 5.38. The number of piperidine rings is 1. The van der Waals surface area contributed by atoms with Crippen LogP contribution in [0.3, 0.4) is 0 Å². The summed E-state index contributed by atoms with van der Waals surface area (Å²) in [6.45, 7) is 2.43. The molecule has 0 aromatic carbocycles. The summed E-state index contributed by atoms with van der Waals surface area (Å²) < 4.78 is 26.3. The van der Waals surface area contributed by atoms with Crippen LogP contribution in [0.5, 0.6) is 0 Å². The monoisotopic (exact) mass is 291 g/mol. The van der Waals surface area contributed by atoms with E-state index in [0.717, 1.165) is 37.3 Å². The number of anilines is 1. The van der Waals surface area contributed by atoms with Gasteiger partial charge in [0.25, 0.3) is 10.0 Å². The van der Waals surface area contributed by atoms with Crippen LogP contribution in [0.15, 0.2) is 4.34 Å². The lowest BCUT2D eigenvalue weighted by Gasteiger charge is -2.29. The van der Waals surface area contributed by atoms with Gasteiger partial charge < -0.3 is 10.6 Å². The number of hydrogen-bond donors (Lipinski definition) is 2. The second-order valence-electron chi connectivity index (χ2n) is 4.53. The van der Waals surface area contributed by atoms with Crippen LogP contribution in [0.25, 0.3) is 0 Å². The summed E-state index contributed by atoms with van der Waals surface area (Å²) in [7, 11) is -1.51. The Morgan fingerprint density at radius 2 is 2.33 bits per heavy atom. The van der Waals surface area contributed by atoms with Gasteiger partial charge in [-0.1, -0.05) is 11.3 Å². The molecule has 0 amide bonds. The molecule has 2 heterocycles. The minimum Gasteiger partial charge on any atom is -0.374 e. The van der Waals surface area contributed by atoms with Crippen molar-refractivity contribution in [1.82, 2.24) is 19.8 Å². The summed E-state index contributed by atoms with van der Waals surface area (Å²) in [6.07, 6.45) is 2.15. The molecule has 7 nitrogen and oxygen atoms in total. The summed E-state index contributed by atoms with van der Waals surface area (Å²) in [5.74, 6) is 0.351. The molecular weight excluding hydrogens is 274 g/mol. The van der Waals surface area contributed by atoms with Crippen molar-refractivity contribution in [3.05, 3.63) is 0 Å². The number of sulfonamides is 1. The summed E-state index contributed by atoms with van der Waals surface area (Å²) >= 11 is 0.877. The first-order valence-corrected chi connectivity index (χ1v) is 8.04. The maximum absolute atomic E-state index is 11.9. The number of nitrogens with zero attached hydrogens (tertiary/aromatic N) is 3. The number of hydrogen-bond acceptors (Lipinski definition) is 7. The van der Waals surface area contributed by atoms with Crippen LogP contribution in [0, 0.1) is 5.92 Å². The Labute approximate surface area is 110 Å². The Morgan fingerprint density at radius 1 is 1.56 bits per heavy atom. The van der Waals surface area contributed by atoms with E-state index in [1.54, 1.807) is 0 Å². The molecule has 0 spiro atoms. The van der Waals surface area contributed by atoms with Crippen LogP contribution in [0.1, 0.15) is 12.8 Å². The number of nitrogens with two attached hydrogens (primary N) is 1. The molecule has 1 aliphatic heterocycles. The number of nitrogens with one attached hydrogen (secondary N) is 1. The Hall–Kier alpha value is -0.770. The highest BCUT2D eigenvalue weighted by Gasteiger charge is 2.23. The molecule has 1 aromatic rings. The van der Waals surface area contributed by atoms with Crippen molar-refractivity contribution in [2.75, 3.05) is 32.4 Å². The third-order valence-electron chi connectivity index (χ3n) is 2.94. The largest absolute Gasteiger partial charge is 0.374 e.